The Labute approximate surface area is 247 Å². The Bertz CT molecular complexity index is 1310. The zero-order valence-electron chi connectivity index (χ0n) is 25.6. The quantitative estimate of drug-likeness (QED) is 0.300. The minimum Gasteiger partial charge on any atom is -0.472 e. The molecule has 1 aromatic heterocycles. The molecule has 3 aliphatic carbocycles. The largest absolute Gasteiger partial charge is 0.472 e. The first kappa shape index (κ1) is 29.6. The first-order chi connectivity index (χ1) is 19.8. The van der Waals surface area contributed by atoms with E-state index in [1.54, 1.807) is 32.4 Å². The van der Waals surface area contributed by atoms with Crippen LogP contribution in [0.3, 0.4) is 0 Å². The molecule has 9 nitrogen and oxygen atoms in total. The molecule has 0 unspecified atom stereocenters. The van der Waals surface area contributed by atoms with E-state index in [2.05, 4.69) is 27.7 Å². The summed E-state index contributed by atoms with van der Waals surface area (Å²) in [6, 6.07) is 1.95. The number of ether oxygens (including phenoxy) is 4. The average Bonchev–Trinajstić information content (AvgIpc) is 3.64. The van der Waals surface area contributed by atoms with Crippen LogP contribution in [0.5, 0.6) is 0 Å². The molecule has 0 spiro atoms. The second-order valence-corrected chi connectivity index (χ2v) is 13.9. The van der Waals surface area contributed by atoms with Gasteiger partial charge in [-0.05, 0) is 50.3 Å². The SMILES string of the molecule is CC=C(C)C(=O)O[C@@H]1[C@@H]2OC[C@]3(C)[C@H](OC(C)=O)C[C@H](O)[C@@](C)([C@@H]23)[C@H]2C[C@H](O)O[C@H]3C[C@@H](c4ccoc4)C(C)=C3[C@]12C. The zero-order chi connectivity index (χ0) is 30.4. The van der Waals surface area contributed by atoms with Crippen molar-refractivity contribution in [3.05, 3.63) is 47.0 Å². The molecule has 1 aromatic rings. The second-order valence-electron chi connectivity index (χ2n) is 13.9. The third kappa shape index (κ3) is 3.96. The van der Waals surface area contributed by atoms with Gasteiger partial charge in [-0.15, -0.1) is 0 Å². The topological polar surface area (TPSA) is 125 Å². The van der Waals surface area contributed by atoms with Crippen LogP contribution in [0.25, 0.3) is 0 Å². The van der Waals surface area contributed by atoms with Gasteiger partial charge in [0.2, 0.25) is 0 Å². The van der Waals surface area contributed by atoms with Crippen LogP contribution in [0.15, 0.2) is 45.8 Å². The van der Waals surface area contributed by atoms with Gasteiger partial charge in [0.1, 0.15) is 12.2 Å². The van der Waals surface area contributed by atoms with Crippen molar-refractivity contribution in [1.82, 2.24) is 0 Å². The summed E-state index contributed by atoms with van der Waals surface area (Å²) in [5.74, 6) is -1.51. The minimum absolute atomic E-state index is 0.00469. The average molecular weight is 585 g/mol. The number of carbonyl (C=O) groups excluding carboxylic acids is 2. The molecule has 2 aliphatic heterocycles. The molecule has 42 heavy (non-hydrogen) atoms. The number of carbonyl (C=O) groups is 2. The van der Waals surface area contributed by atoms with E-state index in [9.17, 15) is 19.8 Å². The van der Waals surface area contributed by atoms with E-state index in [4.69, 9.17) is 23.4 Å². The summed E-state index contributed by atoms with van der Waals surface area (Å²) >= 11 is 0. The Morgan fingerprint density at radius 2 is 1.83 bits per heavy atom. The summed E-state index contributed by atoms with van der Waals surface area (Å²) in [4.78, 5) is 25.7. The van der Waals surface area contributed by atoms with Crippen molar-refractivity contribution in [2.75, 3.05) is 6.61 Å². The van der Waals surface area contributed by atoms with Gasteiger partial charge in [-0.25, -0.2) is 4.79 Å². The van der Waals surface area contributed by atoms with Gasteiger partial charge >= 0.3 is 11.9 Å². The molecule has 4 fully saturated rings. The maximum atomic E-state index is 13.5. The maximum absolute atomic E-state index is 13.5. The van der Waals surface area contributed by atoms with Crippen LogP contribution in [-0.2, 0) is 28.5 Å². The van der Waals surface area contributed by atoms with Crippen molar-refractivity contribution < 1.29 is 43.2 Å². The van der Waals surface area contributed by atoms with Crippen LogP contribution in [-0.4, -0.2) is 65.6 Å². The van der Waals surface area contributed by atoms with E-state index in [1.807, 2.05) is 6.07 Å². The smallest absolute Gasteiger partial charge is 0.333 e. The molecule has 2 saturated heterocycles. The predicted molar refractivity (Wildman–Crippen MR) is 151 cm³/mol. The number of furan rings is 1. The van der Waals surface area contributed by atoms with Crippen LogP contribution >= 0.6 is 0 Å². The molecule has 0 aromatic carbocycles. The summed E-state index contributed by atoms with van der Waals surface area (Å²) < 4.78 is 30.8. The lowest BCUT2D eigenvalue weighted by Gasteiger charge is -2.66. The highest BCUT2D eigenvalue weighted by Crippen LogP contribution is 2.72. The van der Waals surface area contributed by atoms with E-state index >= 15 is 0 Å². The summed E-state index contributed by atoms with van der Waals surface area (Å²) in [5, 5.41) is 23.4. The number of aliphatic hydroxyl groups is 2. The first-order valence-corrected chi connectivity index (χ1v) is 15.2. The number of hydrogen-bond acceptors (Lipinski definition) is 9. The molecule has 6 rings (SSSR count). The van der Waals surface area contributed by atoms with Gasteiger partial charge in [0.15, 0.2) is 6.29 Å². The van der Waals surface area contributed by atoms with Crippen molar-refractivity contribution in [2.24, 2.45) is 28.1 Å². The normalized spacial score (nSPS) is 46.4. The van der Waals surface area contributed by atoms with Crippen molar-refractivity contribution in [1.29, 1.82) is 0 Å². The van der Waals surface area contributed by atoms with Crippen molar-refractivity contribution in [2.45, 2.75) is 110 Å². The fourth-order valence-corrected chi connectivity index (χ4v) is 9.91. The van der Waals surface area contributed by atoms with Gasteiger partial charge in [-0.1, -0.05) is 32.4 Å². The minimum atomic E-state index is -1.08. The molecule has 2 N–H and O–H groups in total. The zero-order valence-corrected chi connectivity index (χ0v) is 25.6. The molecule has 2 saturated carbocycles. The number of hydrogen-bond donors (Lipinski definition) is 2. The van der Waals surface area contributed by atoms with E-state index in [1.165, 1.54) is 6.92 Å². The molecule has 9 heteroatoms. The lowest BCUT2D eigenvalue weighted by molar-refractivity contribution is -0.258. The molecule has 5 aliphatic rings. The Kier molecular flexibility index (Phi) is 7.08. The standard InChI is InChI=1S/C33H44O9/c1-8-16(2)30(37)42-29-27-28-31(5,15-39-27)24(40-18(4)34)13-23(35)32(28,6)22-12-25(36)41-21-11-20(19-9-10-38-14-19)17(3)26(21)33(22,29)7/h8-10,14,20-25,27-29,35-36H,11-13,15H2,1-7H3/t20-,21+,22-,23+,24-,25-,27-,28+,29-,31-,32+,33-/m1/s1. The Morgan fingerprint density at radius 3 is 2.48 bits per heavy atom. The van der Waals surface area contributed by atoms with E-state index in [0.29, 0.717) is 18.6 Å². The summed E-state index contributed by atoms with van der Waals surface area (Å²) in [5.41, 5.74) is 1.35. The molecular weight excluding hydrogens is 540 g/mol. The lowest BCUT2D eigenvalue weighted by atomic mass is 9.39. The molecular formula is C33H44O9. The van der Waals surface area contributed by atoms with Gasteiger partial charge in [0.05, 0.1) is 37.4 Å². The molecule has 230 valence electrons. The van der Waals surface area contributed by atoms with E-state index < -0.39 is 65.0 Å². The lowest BCUT2D eigenvalue weighted by Crippen LogP contribution is -2.72. The Balaban J connectivity index is 1.58. The third-order valence-electron chi connectivity index (χ3n) is 11.9. The van der Waals surface area contributed by atoms with Gasteiger partial charge in [0.25, 0.3) is 0 Å². The summed E-state index contributed by atoms with van der Waals surface area (Å²) in [7, 11) is 0. The van der Waals surface area contributed by atoms with Gasteiger partial charge in [0, 0.05) is 53.4 Å². The highest BCUT2D eigenvalue weighted by molar-refractivity contribution is 5.87. The van der Waals surface area contributed by atoms with Crippen molar-refractivity contribution in [3.8, 4) is 0 Å². The third-order valence-corrected chi connectivity index (χ3v) is 11.9. The Morgan fingerprint density at radius 1 is 1.10 bits per heavy atom. The molecule has 3 heterocycles. The first-order valence-electron chi connectivity index (χ1n) is 15.2. The van der Waals surface area contributed by atoms with Crippen LogP contribution in [0.1, 0.15) is 79.2 Å². The van der Waals surface area contributed by atoms with Crippen LogP contribution < -0.4 is 0 Å². The molecule has 0 amide bonds. The number of allylic oxidation sites excluding steroid dienone is 2. The molecule has 12 atom stereocenters. The maximum Gasteiger partial charge on any atom is 0.333 e. The van der Waals surface area contributed by atoms with Crippen LogP contribution in [0, 0.1) is 28.1 Å². The molecule has 0 bridgehead atoms. The van der Waals surface area contributed by atoms with Gasteiger partial charge < -0.3 is 33.6 Å². The van der Waals surface area contributed by atoms with Crippen LogP contribution in [0.2, 0.25) is 0 Å². The van der Waals surface area contributed by atoms with Gasteiger partial charge in [-0.2, -0.15) is 0 Å². The number of rotatable bonds is 4. The summed E-state index contributed by atoms with van der Waals surface area (Å²) in [6.07, 6.45) is 2.01. The van der Waals surface area contributed by atoms with Crippen LogP contribution in [0.4, 0.5) is 0 Å². The Hall–Kier alpha value is -2.46. The second kappa shape index (κ2) is 10.0. The highest BCUT2D eigenvalue weighted by Gasteiger charge is 2.77. The van der Waals surface area contributed by atoms with Crippen molar-refractivity contribution >= 4 is 11.9 Å². The molecule has 0 radical (unpaired) electrons. The number of esters is 2. The number of fused-ring (bicyclic) bond motifs is 4. The fraction of sp³-hybridized carbons (Fsp3) is 0.697. The van der Waals surface area contributed by atoms with Gasteiger partial charge in [-0.3, -0.25) is 4.79 Å². The van der Waals surface area contributed by atoms with Crippen molar-refractivity contribution in [3.63, 3.8) is 0 Å². The number of aliphatic hydroxyl groups excluding tert-OH is 2. The van der Waals surface area contributed by atoms with E-state index in [-0.39, 0.29) is 30.6 Å². The fourth-order valence-electron chi connectivity index (χ4n) is 9.91. The predicted octanol–water partition coefficient (Wildman–Crippen LogP) is 4.43. The summed E-state index contributed by atoms with van der Waals surface area (Å²) in [6.45, 7) is 13.5. The van der Waals surface area contributed by atoms with E-state index in [0.717, 1.165) is 16.7 Å². The monoisotopic (exact) mass is 584 g/mol. The highest BCUT2D eigenvalue weighted by atomic mass is 16.6.